The van der Waals surface area contributed by atoms with E-state index in [0.717, 1.165) is 23.3 Å². The summed E-state index contributed by atoms with van der Waals surface area (Å²) in [5.74, 6) is 1.50. The lowest BCUT2D eigenvalue weighted by Crippen LogP contribution is -2.37. The van der Waals surface area contributed by atoms with E-state index in [1.807, 2.05) is 24.3 Å². The second-order valence-electron chi connectivity index (χ2n) is 5.60. The Kier molecular flexibility index (Phi) is 9.53. The van der Waals surface area contributed by atoms with E-state index in [-0.39, 0.29) is 28.9 Å². The molecule has 0 aromatic heterocycles. The van der Waals surface area contributed by atoms with Crippen LogP contribution in [0.4, 0.5) is 0 Å². The van der Waals surface area contributed by atoms with Crippen molar-refractivity contribution in [1.82, 2.24) is 10.6 Å². The topological polar surface area (TPSA) is 106 Å². The molecule has 27 heavy (non-hydrogen) atoms. The summed E-state index contributed by atoms with van der Waals surface area (Å²) < 4.78 is 27.8. The highest BCUT2D eigenvalue weighted by molar-refractivity contribution is 14.0. The van der Waals surface area contributed by atoms with Gasteiger partial charge in [0.15, 0.2) is 5.96 Å². The molecular formula is C18H25IN4O3S. The molecule has 0 heterocycles. The monoisotopic (exact) mass is 504 g/mol. The fraction of sp³-hybridized carbons (Fsp3) is 0.278. The van der Waals surface area contributed by atoms with E-state index in [4.69, 9.17) is 9.88 Å². The van der Waals surface area contributed by atoms with E-state index in [9.17, 15) is 8.42 Å². The third-order valence-corrected chi connectivity index (χ3v) is 4.75. The Morgan fingerprint density at radius 3 is 2.37 bits per heavy atom. The van der Waals surface area contributed by atoms with Gasteiger partial charge in [-0.3, -0.25) is 4.99 Å². The van der Waals surface area contributed by atoms with Gasteiger partial charge in [-0.05, 0) is 30.2 Å². The summed E-state index contributed by atoms with van der Waals surface area (Å²) >= 11 is 0. The number of hydrogen-bond acceptors (Lipinski definition) is 4. The Hall–Kier alpha value is -1.85. The third kappa shape index (κ3) is 7.35. The minimum absolute atomic E-state index is 0. The molecule has 0 bridgehead atoms. The van der Waals surface area contributed by atoms with E-state index in [1.165, 1.54) is 12.1 Å². The number of rotatable bonds is 7. The second-order valence-corrected chi connectivity index (χ2v) is 7.16. The number of para-hydroxylation sites is 1. The number of methoxy groups -OCH3 is 1. The maximum atomic E-state index is 11.3. The molecule has 0 amide bonds. The number of hydrogen-bond donors (Lipinski definition) is 3. The summed E-state index contributed by atoms with van der Waals surface area (Å²) in [4.78, 5) is 4.31. The molecule has 148 valence electrons. The molecule has 0 spiro atoms. The van der Waals surface area contributed by atoms with Gasteiger partial charge in [0.2, 0.25) is 10.0 Å². The number of guanidine groups is 1. The van der Waals surface area contributed by atoms with Gasteiger partial charge in [0, 0.05) is 25.7 Å². The predicted molar refractivity (Wildman–Crippen MR) is 118 cm³/mol. The van der Waals surface area contributed by atoms with Gasteiger partial charge in [-0.2, -0.15) is 0 Å². The summed E-state index contributed by atoms with van der Waals surface area (Å²) in [6, 6.07) is 14.3. The fourth-order valence-corrected chi connectivity index (χ4v) is 2.94. The number of aliphatic imine (C=N–C) groups is 1. The van der Waals surface area contributed by atoms with Crippen LogP contribution in [0, 0.1) is 0 Å². The molecule has 0 radical (unpaired) electrons. The van der Waals surface area contributed by atoms with Crippen LogP contribution < -0.4 is 20.5 Å². The molecule has 2 rings (SSSR count). The highest BCUT2D eigenvalue weighted by Gasteiger charge is 2.07. The quantitative estimate of drug-likeness (QED) is 0.303. The Morgan fingerprint density at radius 1 is 1.11 bits per heavy atom. The zero-order valence-corrected chi connectivity index (χ0v) is 18.5. The summed E-state index contributed by atoms with van der Waals surface area (Å²) in [6.07, 6.45) is 0.722. The van der Waals surface area contributed by atoms with Crippen molar-refractivity contribution >= 4 is 40.0 Å². The molecule has 0 atom stereocenters. The average Bonchev–Trinajstić information content (AvgIpc) is 2.64. The number of ether oxygens (including phenoxy) is 1. The highest BCUT2D eigenvalue weighted by atomic mass is 127. The predicted octanol–water partition coefficient (Wildman–Crippen LogP) is 1.87. The summed E-state index contributed by atoms with van der Waals surface area (Å²) in [5.41, 5.74) is 2.04. The van der Waals surface area contributed by atoms with Gasteiger partial charge in [-0.15, -0.1) is 24.0 Å². The van der Waals surface area contributed by atoms with Crippen molar-refractivity contribution in [3.8, 4) is 5.75 Å². The maximum Gasteiger partial charge on any atom is 0.238 e. The number of sulfonamides is 1. The lowest BCUT2D eigenvalue weighted by Gasteiger charge is -2.13. The molecular weight excluding hydrogens is 479 g/mol. The van der Waals surface area contributed by atoms with Crippen molar-refractivity contribution in [2.24, 2.45) is 10.1 Å². The zero-order valence-electron chi connectivity index (χ0n) is 15.3. The molecule has 2 aromatic rings. The van der Waals surface area contributed by atoms with Gasteiger partial charge in [0.1, 0.15) is 5.75 Å². The van der Waals surface area contributed by atoms with Crippen molar-refractivity contribution in [2.75, 3.05) is 20.7 Å². The number of nitrogens with two attached hydrogens (primary N) is 1. The van der Waals surface area contributed by atoms with Crippen LogP contribution in [0.3, 0.4) is 0 Å². The lowest BCUT2D eigenvalue weighted by atomic mass is 10.1. The molecule has 7 nitrogen and oxygen atoms in total. The largest absolute Gasteiger partial charge is 0.496 e. The molecule has 0 saturated heterocycles. The minimum Gasteiger partial charge on any atom is -0.496 e. The normalized spacial score (nSPS) is 11.4. The smallest absolute Gasteiger partial charge is 0.238 e. The first-order valence-electron chi connectivity index (χ1n) is 8.12. The molecule has 0 saturated carbocycles. The Labute approximate surface area is 177 Å². The fourth-order valence-electron chi connectivity index (χ4n) is 2.42. The van der Waals surface area contributed by atoms with E-state index >= 15 is 0 Å². The van der Waals surface area contributed by atoms with E-state index in [1.54, 1.807) is 26.3 Å². The van der Waals surface area contributed by atoms with Crippen LogP contribution in [0.2, 0.25) is 0 Å². The average molecular weight is 504 g/mol. The van der Waals surface area contributed by atoms with Gasteiger partial charge in [0.25, 0.3) is 0 Å². The van der Waals surface area contributed by atoms with Crippen molar-refractivity contribution in [2.45, 2.75) is 17.9 Å². The molecule has 0 unspecified atom stereocenters. The first-order valence-corrected chi connectivity index (χ1v) is 9.67. The number of nitrogens with zero attached hydrogens (tertiary/aromatic N) is 1. The number of primary sulfonamides is 1. The van der Waals surface area contributed by atoms with Crippen LogP contribution in [-0.2, 0) is 23.0 Å². The van der Waals surface area contributed by atoms with Crippen molar-refractivity contribution in [3.05, 3.63) is 59.7 Å². The SMILES string of the molecule is CN=C(NCCc1ccc(S(N)(=O)=O)cc1)NCc1ccccc1OC.I. The molecule has 4 N–H and O–H groups in total. The second kappa shape index (κ2) is 11.1. The van der Waals surface area contributed by atoms with E-state index in [2.05, 4.69) is 15.6 Å². The van der Waals surface area contributed by atoms with Crippen LogP contribution in [0.1, 0.15) is 11.1 Å². The molecule has 2 aromatic carbocycles. The zero-order chi connectivity index (χ0) is 19.0. The van der Waals surface area contributed by atoms with Crippen LogP contribution in [0.25, 0.3) is 0 Å². The third-order valence-electron chi connectivity index (χ3n) is 3.82. The molecule has 0 aliphatic carbocycles. The van der Waals surface area contributed by atoms with Crippen LogP contribution >= 0.6 is 24.0 Å². The summed E-state index contributed by atoms with van der Waals surface area (Å²) in [7, 11) is -0.299. The first kappa shape index (κ1) is 23.2. The highest BCUT2D eigenvalue weighted by Crippen LogP contribution is 2.16. The standard InChI is InChI=1S/C18H24N4O3S.HI/c1-20-18(22-13-15-5-3-4-6-17(15)25-2)21-12-11-14-7-9-16(10-8-14)26(19,23)24;/h3-10H,11-13H2,1-2H3,(H2,19,23,24)(H2,20,21,22);1H. The molecule has 0 aliphatic heterocycles. The van der Waals surface area contributed by atoms with Crippen molar-refractivity contribution in [3.63, 3.8) is 0 Å². The van der Waals surface area contributed by atoms with Gasteiger partial charge < -0.3 is 15.4 Å². The lowest BCUT2D eigenvalue weighted by molar-refractivity contribution is 0.409. The maximum absolute atomic E-state index is 11.3. The minimum atomic E-state index is -3.65. The van der Waals surface area contributed by atoms with E-state index < -0.39 is 10.0 Å². The molecule has 0 fully saturated rings. The van der Waals surface area contributed by atoms with Crippen LogP contribution in [0.5, 0.6) is 5.75 Å². The molecule has 0 aliphatic rings. The van der Waals surface area contributed by atoms with Gasteiger partial charge >= 0.3 is 0 Å². The Bertz CT molecular complexity index is 855. The van der Waals surface area contributed by atoms with Crippen LogP contribution in [-0.4, -0.2) is 35.1 Å². The molecule has 9 heteroatoms. The van der Waals surface area contributed by atoms with Gasteiger partial charge in [-0.25, -0.2) is 13.6 Å². The summed E-state index contributed by atoms with van der Waals surface area (Å²) in [6.45, 7) is 1.24. The Morgan fingerprint density at radius 2 is 1.78 bits per heavy atom. The van der Waals surface area contributed by atoms with Gasteiger partial charge in [-0.1, -0.05) is 30.3 Å². The van der Waals surface area contributed by atoms with Gasteiger partial charge in [0.05, 0.1) is 12.0 Å². The van der Waals surface area contributed by atoms with Crippen LogP contribution in [0.15, 0.2) is 58.4 Å². The number of halogens is 1. The van der Waals surface area contributed by atoms with Crippen molar-refractivity contribution in [1.29, 1.82) is 0 Å². The van der Waals surface area contributed by atoms with Crippen molar-refractivity contribution < 1.29 is 13.2 Å². The Balaban J connectivity index is 0.00000364. The number of nitrogens with one attached hydrogen (secondary N) is 2. The van der Waals surface area contributed by atoms with E-state index in [0.29, 0.717) is 19.0 Å². The summed E-state index contributed by atoms with van der Waals surface area (Å²) in [5, 5.41) is 11.6. The number of benzene rings is 2. The first-order chi connectivity index (χ1) is 12.4.